The summed E-state index contributed by atoms with van der Waals surface area (Å²) in [6.07, 6.45) is 3.86. The van der Waals surface area contributed by atoms with Crippen molar-refractivity contribution in [1.82, 2.24) is 0 Å². The van der Waals surface area contributed by atoms with Crippen LogP contribution in [0.25, 0.3) is 0 Å². The summed E-state index contributed by atoms with van der Waals surface area (Å²) >= 11 is 0. The fraction of sp³-hybridized carbons (Fsp3) is 0.857. The van der Waals surface area contributed by atoms with Gasteiger partial charge in [-0.25, -0.2) is 0 Å². The van der Waals surface area contributed by atoms with Crippen molar-refractivity contribution in [2.24, 2.45) is 0 Å². The lowest BCUT2D eigenvalue weighted by molar-refractivity contribution is 0.0295. The molecule has 0 saturated heterocycles. The zero-order valence-electron chi connectivity index (χ0n) is 12.7. The number of ether oxygens (including phenoxy) is 6. The van der Waals surface area contributed by atoms with Gasteiger partial charge in [0.25, 0.3) is 0 Å². The Hall–Kier alpha value is -0.500. The molecule has 6 nitrogen and oxygen atoms in total. The molecule has 0 N–H and O–H groups in total. The fourth-order valence-electron chi connectivity index (χ4n) is 1.16. The average molecular weight is 292 g/mol. The number of hydrogen-bond donors (Lipinski definition) is 0. The van der Waals surface area contributed by atoms with Crippen LogP contribution in [0.1, 0.15) is 0 Å². The van der Waals surface area contributed by atoms with E-state index in [0.717, 1.165) is 0 Å². The molecule has 0 bridgehead atoms. The molecule has 0 radical (unpaired) electrons. The van der Waals surface area contributed by atoms with Gasteiger partial charge >= 0.3 is 0 Å². The maximum Gasteiger partial charge on any atom is 0.0704 e. The minimum atomic E-state index is 0.571. The summed E-state index contributed by atoms with van der Waals surface area (Å²) in [5, 5.41) is 0. The highest BCUT2D eigenvalue weighted by atomic mass is 16.5. The van der Waals surface area contributed by atoms with Crippen molar-refractivity contribution in [2.75, 3.05) is 80.3 Å². The van der Waals surface area contributed by atoms with E-state index in [9.17, 15) is 0 Å². The van der Waals surface area contributed by atoms with Crippen LogP contribution in [-0.2, 0) is 28.4 Å². The first-order valence-electron chi connectivity index (χ1n) is 6.85. The lowest BCUT2D eigenvalue weighted by Gasteiger charge is -2.04. The number of hydrogen-bond acceptors (Lipinski definition) is 6. The normalized spacial score (nSPS) is 11.5. The van der Waals surface area contributed by atoms with Crippen LogP contribution in [0.3, 0.4) is 0 Å². The molecule has 0 saturated carbocycles. The summed E-state index contributed by atoms with van der Waals surface area (Å²) in [5.41, 5.74) is 0. The predicted octanol–water partition coefficient (Wildman–Crippen LogP) is 0.902. The molecular formula is C14H28O6. The Morgan fingerprint density at radius 1 is 0.500 bits per heavy atom. The molecule has 20 heavy (non-hydrogen) atoms. The molecule has 0 aliphatic rings. The summed E-state index contributed by atoms with van der Waals surface area (Å²) in [4.78, 5) is 0. The van der Waals surface area contributed by atoms with Crippen molar-refractivity contribution in [3.8, 4) is 0 Å². The highest BCUT2D eigenvalue weighted by molar-refractivity contribution is 4.81. The van der Waals surface area contributed by atoms with E-state index >= 15 is 0 Å². The van der Waals surface area contributed by atoms with E-state index in [2.05, 4.69) is 0 Å². The van der Waals surface area contributed by atoms with E-state index in [-0.39, 0.29) is 0 Å². The van der Waals surface area contributed by atoms with Crippen molar-refractivity contribution in [3.63, 3.8) is 0 Å². The number of rotatable bonds is 16. The van der Waals surface area contributed by atoms with Crippen molar-refractivity contribution >= 4 is 0 Å². The molecule has 0 unspecified atom stereocenters. The highest BCUT2D eigenvalue weighted by Gasteiger charge is 1.89. The van der Waals surface area contributed by atoms with Crippen LogP contribution in [0.15, 0.2) is 12.2 Å². The molecule has 0 aromatic heterocycles. The molecule has 0 aromatic rings. The standard InChI is InChI=1S/C14H28O6/c1-15-7-9-19-13-11-17-5-3-4-6-18-12-14-20-10-8-16-2/h3-4H,5-14H2,1-2H3. The van der Waals surface area contributed by atoms with Crippen LogP contribution < -0.4 is 0 Å². The van der Waals surface area contributed by atoms with Crippen molar-refractivity contribution in [2.45, 2.75) is 0 Å². The van der Waals surface area contributed by atoms with Crippen molar-refractivity contribution < 1.29 is 28.4 Å². The molecule has 0 atom stereocenters. The molecule has 0 aromatic carbocycles. The minimum Gasteiger partial charge on any atom is -0.382 e. The van der Waals surface area contributed by atoms with Gasteiger partial charge in [-0.15, -0.1) is 0 Å². The van der Waals surface area contributed by atoms with Crippen LogP contribution in [0, 0.1) is 0 Å². The second-order valence-electron chi connectivity index (χ2n) is 3.83. The topological polar surface area (TPSA) is 55.4 Å². The molecule has 0 spiro atoms. The van der Waals surface area contributed by atoms with E-state index in [1.165, 1.54) is 0 Å². The molecule has 120 valence electrons. The molecule has 0 aliphatic heterocycles. The van der Waals surface area contributed by atoms with Crippen LogP contribution in [0.2, 0.25) is 0 Å². The first-order valence-corrected chi connectivity index (χ1v) is 6.85. The zero-order valence-corrected chi connectivity index (χ0v) is 12.7. The maximum absolute atomic E-state index is 5.34. The van der Waals surface area contributed by atoms with E-state index in [1.54, 1.807) is 14.2 Å². The lowest BCUT2D eigenvalue weighted by Crippen LogP contribution is -2.09. The second kappa shape index (κ2) is 18.5. The Morgan fingerprint density at radius 2 is 0.850 bits per heavy atom. The number of methoxy groups -OCH3 is 2. The average Bonchev–Trinajstić information content (AvgIpc) is 2.47. The Bertz CT molecular complexity index is 178. The Balaban J connectivity index is 3.01. The third kappa shape index (κ3) is 17.5. The maximum atomic E-state index is 5.34. The van der Waals surface area contributed by atoms with Crippen LogP contribution >= 0.6 is 0 Å². The van der Waals surface area contributed by atoms with Crippen LogP contribution in [-0.4, -0.2) is 80.3 Å². The van der Waals surface area contributed by atoms with Crippen LogP contribution in [0.5, 0.6) is 0 Å². The molecule has 0 fully saturated rings. The molecule has 0 heterocycles. The monoisotopic (exact) mass is 292 g/mol. The minimum absolute atomic E-state index is 0.571. The van der Waals surface area contributed by atoms with E-state index in [1.807, 2.05) is 12.2 Å². The van der Waals surface area contributed by atoms with Gasteiger partial charge in [0.1, 0.15) is 0 Å². The summed E-state index contributed by atoms with van der Waals surface area (Å²) in [7, 11) is 3.30. The summed E-state index contributed by atoms with van der Waals surface area (Å²) in [5.74, 6) is 0. The molecule has 0 rings (SSSR count). The lowest BCUT2D eigenvalue weighted by atomic mass is 10.5. The molecule has 0 aliphatic carbocycles. The third-order valence-corrected chi connectivity index (χ3v) is 2.20. The molecule has 0 amide bonds. The zero-order chi connectivity index (χ0) is 14.7. The smallest absolute Gasteiger partial charge is 0.0704 e. The van der Waals surface area contributed by atoms with Gasteiger partial charge in [-0.05, 0) is 0 Å². The summed E-state index contributed by atoms with van der Waals surface area (Å²) < 4.78 is 30.9. The van der Waals surface area contributed by atoms with Gasteiger partial charge < -0.3 is 28.4 Å². The Labute approximate surface area is 121 Å². The fourth-order valence-corrected chi connectivity index (χ4v) is 1.16. The van der Waals surface area contributed by atoms with E-state index < -0.39 is 0 Å². The van der Waals surface area contributed by atoms with Gasteiger partial charge in [0.05, 0.1) is 66.1 Å². The predicted molar refractivity (Wildman–Crippen MR) is 76.2 cm³/mol. The Kier molecular flexibility index (Phi) is 18.0. The first-order chi connectivity index (χ1) is 9.91. The third-order valence-electron chi connectivity index (χ3n) is 2.20. The van der Waals surface area contributed by atoms with Gasteiger partial charge in [-0.3, -0.25) is 0 Å². The highest BCUT2D eigenvalue weighted by Crippen LogP contribution is 1.84. The van der Waals surface area contributed by atoms with Gasteiger partial charge in [0.2, 0.25) is 0 Å². The van der Waals surface area contributed by atoms with E-state index in [0.29, 0.717) is 66.1 Å². The molecular weight excluding hydrogens is 264 g/mol. The Morgan fingerprint density at radius 3 is 1.25 bits per heavy atom. The van der Waals surface area contributed by atoms with Gasteiger partial charge in [0, 0.05) is 14.2 Å². The molecule has 6 heteroatoms. The van der Waals surface area contributed by atoms with Crippen LogP contribution in [0.4, 0.5) is 0 Å². The van der Waals surface area contributed by atoms with Crippen molar-refractivity contribution in [1.29, 1.82) is 0 Å². The van der Waals surface area contributed by atoms with Gasteiger partial charge in [-0.2, -0.15) is 0 Å². The van der Waals surface area contributed by atoms with E-state index in [4.69, 9.17) is 28.4 Å². The quantitative estimate of drug-likeness (QED) is 0.311. The second-order valence-corrected chi connectivity index (χ2v) is 3.83. The summed E-state index contributed by atoms with van der Waals surface area (Å²) in [6.45, 7) is 5.94. The first kappa shape index (κ1) is 19.5. The largest absolute Gasteiger partial charge is 0.382 e. The SMILES string of the molecule is COCCOCCOCC=CCOCCOCCOC. The van der Waals surface area contributed by atoms with Gasteiger partial charge in [0.15, 0.2) is 0 Å². The van der Waals surface area contributed by atoms with Crippen molar-refractivity contribution in [3.05, 3.63) is 12.2 Å². The van der Waals surface area contributed by atoms with Gasteiger partial charge in [-0.1, -0.05) is 12.2 Å². The summed E-state index contributed by atoms with van der Waals surface area (Å²) in [6, 6.07) is 0.